The van der Waals surface area contributed by atoms with Crippen molar-refractivity contribution < 1.29 is 9.59 Å². The molecule has 4 nitrogen and oxygen atoms in total. The fraction of sp³-hybridized carbons (Fsp3) is 0.440. The number of nitrogens with one attached hydrogen (secondary N) is 1. The predicted octanol–water partition coefficient (Wildman–Crippen LogP) is 4.49. The molecule has 2 amide bonds. The number of rotatable bonds is 9. The lowest BCUT2D eigenvalue weighted by atomic mass is 10.0. The maximum atomic E-state index is 13.4. The fourth-order valence-corrected chi connectivity index (χ4v) is 3.43. The van der Waals surface area contributed by atoms with E-state index < -0.39 is 6.04 Å². The first-order valence-corrected chi connectivity index (χ1v) is 10.5. The molecule has 0 fully saturated rings. The molecule has 0 saturated carbocycles. The molecule has 0 aliphatic heterocycles. The van der Waals surface area contributed by atoms with Crippen molar-refractivity contribution in [3.8, 4) is 0 Å². The third-order valence-electron chi connectivity index (χ3n) is 5.25. The van der Waals surface area contributed by atoms with Gasteiger partial charge in [0, 0.05) is 13.1 Å². The number of carbonyl (C=O) groups excluding carboxylic acids is 2. The third-order valence-corrected chi connectivity index (χ3v) is 5.25. The maximum Gasteiger partial charge on any atom is 0.242 e. The van der Waals surface area contributed by atoms with Gasteiger partial charge in [-0.15, -0.1) is 0 Å². The van der Waals surface area contributed by atoms with Gasteiger partial charge in [-0.25, -0.2) is 0 Å². The Balaban J connectivity index is 2.30. The summed E-state index contributed by atoms with van der Waals surface area (Å²) in [5.41, 5.74) is 5.47. The van der Waals surface area contributed by atoms with Gasteiger partial charge in [-0.3, -0.25) is 9.59 Å². The van der Waals surface area contributed by atoms with Gasteiger partial charge in [-0.05, 0) is 50.3 Å². The van der Waals surface area contributed by atoms with Crippen LogP contribution in [0, 0.1) is 20.8 Å². The molecule has 0 aromatic heterocycles. The zero-order chi connectivity index (χ0) is 21.4. The average molecular weight is 395 g/mol. The van der Waals surface area contributed by atoms with Gasteiger partial charge >= 0.3 is 0 Å². The molecule has 4 heteroatoms. The van der Waals surface area contributed by atoms with E-state index in [9.17, 15) is 9.59 Å². The van der Waals surface area contributed by atoms with Crippen LogP contribution in [-0.2, 0) is 22.6 Å². The number of carbonyl (C=O) groups is 2. The Morgan fingerprint density at radius 1 is 0.966 bits per heavy atom. The molecule has 0 saturated heterocycles. The fourth-order valence-electron chi connectivity index (χ4n) is 3.43. The van der Waals surface area contributed by atoms with Crippen LogP contribution >= 0.6 is 0 Å². The van der Waals surface area contributed by atoms with Crippen molar-refractivity contribution in [3.05, 3.63) is 70.3 Å². The highest BCUT2D eigenvalue weighted by Gasteiger charge is 2.28. The standard InChI is InChI=1S/C25H34N2O2/c1-6-14-26-25(29)23(7-2)27(17-21-12-9-18(3)10-13-21)24(28)16-22-15-19(4)8-11-20(22)5/h8-13,15,23H,6-7,14,16-17H2,1-5H3,(H,26,29). The van der Waals surface area contributed by atoms with Crippen LogP contribution in [-0.4, -0.2) is 29.3 Å². The normalized spacial score (nSPS) is 11.8. The second-order valence-corrected chi connectivity index (χ2v) is 7.83. The smallest absolute Gasteiger partial charge is 0.242 e. The van der Waals surface area contributed by atoms with Crippen molar-refractivity contribution in [1.82, 2.24) is 10.2 Å². The van der Waals surface area contributed by atoms with Crippen LogP contribution in [0.5, 0.6) is 0 Å². The zero-order valence-electron chi connectivity index (χ0n) is 18.4. The molecular formula is C25H34N2O2. The molecule has 2 rings (SSSR count). The van der Waals surface area contributed by atoms with E-state index in [0.717, 1.165) is 28.7 Å². The highest BCUT2D eigenvalue weighted by Crippen LogP contribution is 2.17. The zero-order valence-corrected chi connectivity index (χ0v) is 18.4. The van der Waals surface area contributed by atoms with E-state index in [1.807, 2.05) is 65.0 Å². The van der Waals surface area contributed by atoms with Crippen LogP contribution in [0.2, 0.25) is 0 Å². The highest BCUT2D eigenvalue weighted by molar-refractivity contribution is 5.88. The van der Waals surface area contributed by atoms with Gasteiger partial charge in [0.1, 0.15) is 6.04 Å². The molecule has 0 bridgehead atoms. The molecule has 156 valence electrons. The highest BCUT2D eigenvalue weighted by atomic mass is 16.2. The molecule has 29 heavy (non-hydrogen) atoms. The monoisotopic (exact) mass is 394 g/mol. The van der Waals surface area contributed by atoms with E-state index >= 15 is 0 Å². The van der Waals surface area contributed by atoms with Crippen LogP contribution in [0.1, 0.15) is 54.5 Å². The number of benzene rings is 2. The van der Waals surface area contributed by atoms with Gasteiger partial charge in [0.05, 0.1) is 6.42 Å². The van der Waals surface area contributed by atoms with Crippen LogP contribution in [0.3, 0.4) is 0 Å². The Labute approximate surface area is 175 Å². The summed E-state index contributed by atoms with van der Waals surface area (Å²) in [5.74, 6) is -0.0893. The summed E-state index contributed by atoms with van der Waals surface area (Å²) in [6.45, 7) is 11.1. The second-order valence-electron chi connectivity index (χ2n) is 7.83. The summed E-state index contributed by atoms with van der Waals surface area (Å²) < 4.78 is 0. The SMILES string of the molecule is CCCNC(=O)C(CC)N(Cc1ccc(C)cc1)C(=O)Cc1cc(C)ccc1C. The second kappa shape index (κ2) is 10.8. The van der Waals surface area contributed by atoms with Crippen molar-refractivity contribution in [2.75, 3.05) is 6.54 Å². The van der Waals surface area contributed by atoms with Crippen molar-refractivity contribution >= 4 is 11.8 Å². The van der Waals surface area contributed by atoms with Crippen LogP contribution in [0.15, 0.2) is 42.5 Å². The summed E-state index contributed by atoms with van der Waals surface area (Å²) >= 11 is 0. The lowest BCUT2D eigenvalue weighted by Crippen LogP contribution is -2.49. The van der Waals surface area contributed by atoms with E-state index in [4.69, 9.17) is 0 Å². The molecule has 2 aromatic carbocycles. The molecule has 0 spiro atoms. The summed E-state index contributed by atoms with van der Waals surface area (Å²) in [6.07, 6.45) is 1.76. The van der Waals surface area contributed by atoms with Gasteiger partial charge < -0.3 is 10.2 Å². The predicted molar refractivity (Wildman–Crippen MR) is 119 cm³/mol. The Morgan fingerprint density at radius 2 is 1.62 bits per heavy atom. The molecule has 1 N–H and O–H groups in total. The molecule has 0 aliphatic rings. The Morgan fingerprint density at radius 3 is 2.24 bits per heavy atom. The van der Waals surface area contributed by atoms with Crippen molar-refractivity contribution in [3.63, 3.8) is 0 Å². The summed E-state index contributed by atoms with van der Waals surface area (Å²) in [5, 5.41) is 2.97. The van der Waals surface area contributed by atoms with Gasteiger partial charge in [0.15, 0.2) is 0 Å². The molecule has 2 aromatic rings. The Kier molecular flexibility index (Phi) is 8.44. The number of amides is 2. The van der Waals surface area contributed by atoms with E-state index in [2.05, 4.69) is 17.4 Å². The summed E-state index contributed by atoms with van der Waals surface area (Å²) in [6, 6.07) is 13.8. The minimum absolute atomic E-state index is 0.0160. The molecule has 0 aliphatic carbocycles. The lowest BCUT2D eigenvalue weighted by molar-refractivity contribution is -0.140. The topological polar surface area (TPSA) is 49.4 Å². The van der Waals surface area contributed by atoms with Gasteiger partial charge in [0.2, 0.25) is 11.8 Å². The number of aryl methyl sites for hydroxylation is 3. The number of nitrogens with zero attached hydrogens (tertiary/aromatic N) is 1. The lowest BCUT2D eigenvalue weighted by Gasteiger charge is -2.31. The van der Waals surface area contributed by atoms with Crippen LogP contribution in [0.25, 0.3) is 0 Å². The van der Waals surface area contributed by atoms with E-state index in [0.29, 0.717) is 25.9 Å². The first-order valence-electron chi connectivity index (χ1n) is 10.5. The first kappa shape index (κ1) is 22.7. The van der Waals surface area contributed by atoms with Gasteiger partial charge in [-0.2, -0.15) is 0 Å². The largest absolute Gasteiger partial charge is 0.354 e. The minimum atomic E-state index is -0.472. The quantitative estimate of drug-likeness (QED) is 0.681. The number of hydrogen-bond acceptors (Lipinski definition) is 2. The average Bonchev–Trinajstić information content (AvgIpc) is 2.70. The van der Waals surface area contributed by atoms with Crippen molar-refractivity contribution in [2.45, 2.75) is 66.5 Å². The van der Waals surface area contributed by atoms with Gasteiger partial charge in [-0.1, -0.05) is 67.4 Å². The van der Waals surface area contributed by atoms with Gasteiger partial charge in [0.25, 0.3) is 0 Å². The molecule has 0 radical (unpaired) electrons. The van der Waals surface area contributed by atoms with Crippen LogP contribution < -0.4 is 5.32 Å². The number of hydrogen-bond donors (Lipinski definition) is 1. The molecule has 1 unspecified atom stereocenters. The Bertz CT molecular complexity index is 827. The molecule has 1 atom stereocenters. The van der Waals surface area contributed by atoms with Crippen molar-refractivity contribution in [1.29, 1.82) is 0 Å². The maximum absolute atomic E-state index is 13.4. The van der Waals surface area contributed by atoms with Crippen LogP contribution in [0.4, 0.5) is 0 Å². The summed E-state index contributed by atoms with van der Waals surface area (Å²) in [7, 11) is 0. The summed E-state index contributed by atoms with van der Waals surface area (Å²) in [4.78, 5) is 27.9. The van der Waals surface area contributed by atoms with E-state index in [1.165, 1.54) is 5.56 Å². The molecule has 0 heterocycles. The van der Waals surface area contributed by atoms with E-state index in [1.54, 1.807) is 4.90 Å². The van der Waals surface area contributed by atoms with Crippen molar-refractivity contribution in [2.24, 2.45) is 0 Å². The minimum Gasteiger partial charge on any atom is -0.354 e. The first-order chi connectivity index (χ1) is 13.8. The van der Waals surface area contributed by atoms with E-state index in [-0.39, 0.29) is 11.8 Å². The molecular weight excluding hydrogens is 360 g/mol. The Hall–Kier alpha value is -2.62. The third kappa shape index (κ3) is 6.45.